The van der Waals surface area contributed by atoms with Crippen molar-refractivity contribution in [3.05, 3.63) is 71.4 Å². The summed E-state index contributed by atoms with van der Waals surface area (Å²) in [4.78, 5) is 4.95. The van der Waals surface area contributed by atoms with E-state index in [0.717, 1.165) is 12.1 Å². The van der Waals surface area contributed by atoms with Crippen molar-refractivity contribution >= 4 is 56.3 Å². The lowest BCUT2D eigenvalue weighted by Crippen LogP contribution is -2.27. The minimum atomic E-state index is -4.49. The van der Waals surface area contributed by atoms with Gasteiger partial charge in [-0.3, -0.25) is 0 Å². The van der Waals surface area contributed by atoms with Gasteiger partial charge in [0.2, 0.25) is 0 Å². The lowest BCUT2D eigenvalue weighted by Gasteiger charge is -2.23. The average Bonchev–Trinajstić information content (AvgIpc) is 2.80. The molecule has 0 aliphatic heterocycles. The second-order valence-corrected chi connectivity index (χ2v) is 9.68. The topological polar surface area (TPSA) is 77.6 Å². The van der Waals surface area contributed by atoms with Crippen LogP contribution >= 0.6 is 23.4 Å². The highest BCUT2D eigenvalue weighted by molar-refractivity contribution is 7.94. The molecular formula is C21H21Cl2F2N5O2S. The highest BCUT2D eigenvalue weighted by Crippen LogP contribution is 2.36. The Morgan fingerprint density at radius 3 is 2.52 bits per heavy atom. The maximum atomic E-state index is 14.9. The first-order chi connectivity index (χ1) is 15.6. The molecule has 7 nitrogen and oxygen atoms in total. The molecule has 2 N–H and O–H groups in total. The molecule has 1 aromatic heterocycles. The van der Waals surface area contributed by atoms with E-state index in [1.807, 2.05) is 4.90 Å². The van der Waals surface area contributed by atoms with Gasteiger partial charge in [0.15, 0.2) is 5.82 Å². The summed E-state index contributed by atoms with van der Waals surface area (Å²) in [6.45, 7) is 1.23. The molecule has 3 aromatic rings. The predicted octanol–water partition coefficient (Wildman–Crippen LogP) is 4.76. The molecule has 0 radical (unpaired) electrons. The van der Waals surface area contributed by atoms with Gasteiger partial charge in [-0.25, -0.2) is 13.8 Å². The van der Waals surface area contributed by atoms with Crippen LogP contribution in [0.15, 0.2) is 59.6 Å². The van der Waals surface area contributed by atoms with E-state index in [1.54, 1.807) is 20.2 Å². The average molecular weight is 516 g/mol. The second-order valence-electron chi connectivity index (χ2n) is 6.98. The quantitative estimate of drug-likeness (QED) is 0.400. The van der Waals surface area contributed by atoms with E-state index >= 15 is 0 Å². The summed E-state index contributed by atoms with van der Waals surface area (Å²) in [5, 5.41) is 5.88. The lowest BCUT2D eigenvalue weighted by atomic mass is 10.2. The summed E-state index contributed by atoms with van der Waals surface area (Å²) in [6.07, 6.45) is 1.35. The first-order valence-electron chi connectivity index (χ1n) is 9.68. The summed E-state index contributed by atoms with van der Waals surface area (Å²) in [7, 11) is -0.910. The van der Waals surface area contributed by atoms with Crippen molar-refractivity contribution in [2.45, 2.75) is 4.90 Å². The molecule has 0 aliphatic carbocycles. The molecule has 0 fully saturated rings. The molecule has 0 bridgehead atoms. The molecular weight excluding hydrogens is 495 g/mol. The standard InChI is InChI=1S/C21H21Cl2F2N5O2S/c1-26-9-10-29(2)19-11-14(24)6-7-17(19)28-18-13-16(25)20(12-15(18)22)33(31,32)30(23)21-5-3-4-8-27-21/h3-8,11-13,26,28H,9-10H2,1-2H3. The molecule has 0 atom stereocenters. The van der Waals surface area contributed by atoms with E-state index in [9.17, 15) is 17.2 Å². The van der Waals surface area contributed by atoms with Gasteiger partial charge in [-0.15, -0.1) is 0 Å². The Hall–Kier alpha value is -2.66. The van der Waals surface area contributed by atoms with E-state index < -0.39 is 26.6 Å². The van der Waals surface area contributed by atoms with E-state index in [0.29, 0.717) is 28.3 Å². The zero-order valence-corrected chi connectivity index (χ0v) is 20.0. The monoisotopic (exact) mass is 515 g/mol. The smallest absolute Gasteiger partial charge is 0.282 e. The highest BCUT2D eigenvalue weighted by Gasteiger charge is 2.29. The van der Waals surface area contributed by atoms with Crippen molar-refractivity contribution in [1.82, 2.24) is 10.3 Å². The summed E-state index contributed by atoms with van der Waals surface area (Å²) in [5.41, 5.74) is 1.07. The Labute approximate surface area is 201 Å². The van der Waals surface area contributed by atoms with E-state index in [-0.39, 0.29) is 16.5 Å². The van der Waals surface area contributed by atoms with Crippen molar-refractivity contribution < 1.29 is 17.2 Å². The number of hydrogen-bond donors (Lipinski definition) is 2. The minimum absolute atomic E-state index is 0.0748. The molecule has 0 saturated carbocycles. The fourth-order valence-corrected chi connectivity index (χ4v) is 4.66. The van der Waals surface area contributed by atoms with Gasteiger partial charge >= 0.3 is 0 Å². The van der Waals surface area contributed by atoms with E-state index in [4.69, 9.17) is 23.4 Å². The fourth-order valence-electron chi connectivity index (χ4n) is 2.96. The normalized spacial score (nSPS) is 11.3. The fraction of sp³-hybridized carbons (Fsp3) is 0.190. The number of rotatable bonds is 9. The molecule has 0 unspecified atom stereocenters. The number of aromatic nitrogens is 1. The van der Waals surface area contributed by atoms with E-state index in [1.165, 1.54) is 36.5 Å². The number of anilines is 4. The summed E-state index contributed by atoms with van der Waals surface area (Å²) in [6, 6.07) is 10.5. The number of sulfonamides is 1. The van der Waals surface area contributed by atoms with Crippen LogP contribution in [0.4, 0.5) is 31.7 Å². The van der Waals surface area contributed by atoms with Crippen molar-refractivity contribution in [2.24, 2.45) is 0 Å². The van der Waals surface area contributed by atoms with Gasteiger partial charge in [-0.2, -0.15) is 12.2 Å². The van der Waals surface area contributed by atoms with Gasteiger partial charge in [0.25, 0.3) is 10.0 Å². The number of likely N-dealkylation sites (N-methyl/N-ethyl adjacent to an activating group) is 2. The number of pyridine rings is 1. The van der Waals surface area contributed by atoms with Crippen LogP contribution in [0, 0.1) is 11.6 Å². The molecule has 12 heteroatoms. The lowest BCUT2D eigenvalue weighted by molar-refractivity contribution is 0.568. The van der Waals surface area contributed by atoms with Gasteiger partial charge in [0, 0.05) is 44.2 Å². The molecule has 0 aliphatic rings. The van der Waals surface area contributed by atoms with E-state index in [2.05, 4.69) is 15.6 Å². The Balaban J connectivity index is 1.95. The Morgan fingerprint density at radius 2 is 1.85 bits per heavy atom. The molecule has 1 heterocycles. The number of nitrogens with one attached hydrogen (secondary N) is 2. The maximum absolute atomic E-state index is 14.9. The number of benzene rings is 2. The third kappa shape index (κ3) is 5.64. The summed E-state index contributed by atoms with van der Waals surface area (Å²) >= 11 is 12.2. The number of halogens is 4. The van der Waals surface area contributed by atoms with Crippen LogP contribution in [0.25, 0.3) is 0 Å². The summed E-state index contributed by atoms with van der Waals surface area (Å²) in [5.74, 6) is -1.62. The Bertz CT molecular complexity index is 1230. The largest absolute Gasteiger partial charge is 0.372 e. The molecule has 33 heavy (non-hydrogen) atoms. The van der Waals surface area contributed by atoms with Crippen LogP contribution in [0.5, 0.6) is 0 Å². The number of hydrogen-bond acceptors (Lipinski definition) is 6. The first kappa shape index (κ1) is 25.0. The molecule has 2 aromatic carbocycles. The third-order valence-corrected chi connectivity index (χ3v) is 7.19. The predicted molar refractivity (Wildman–Crippen MR) is 128 cm³/mol. The highest BCUT2D eigenvalue weighted by atomic mass is 35.5. The van der Waals surface area contributed by atoms with Gasteiger partial charge in [0.1, 0.15) is 16.5 Å². The van der Waals surface area contributed by atoms with Crippen LogP contribution in [-0.2, 0) is 10.0 Å². The Kier molecular flexibility index (Phi) is 7.96. The SMILES string of the molecule is CNCCN(C)c1cc(F)ccc1Nc1cc(F)c(S(=O)(=O)N(Cl)c2ccccn2)cc1Cl. The Morgan fingerprint density at radius 1 is 1.09 bits per heavy atom. The third-order valence-electron chi connectivity index (χ3n) is 4.68. The van der Waals surface area contributed by atoms with Crippen molar-refractivity contribution in [1.29, 1.82) is 0 Å². The van der Waals surface area contributed by atoms with Crippen molar-refractivity contribution in [3.63, 3.8) is 0 Å². The molecule has 0 spiro atoms. The number of nitrogens with zero attached hydrogens (tertiary/aromatic N) is 3. The van der Waals surface area contributed by atoms with Crippen LogP contribution in [-0.4, -0.2) is 40.6 Å². The molecule has 0 amide bonds. The first-order valence-corrected chi connectivity index (χ1v) is 11.8. The minimum Gasteiger partial charge on any atom is -0.372 e. The summed E-state index contributed by atoms with van der Waals surface area (Å²) < 4.78 is 54.8. The maximum Gasteiger partial charge on any atom is 0.282 e. The molecule has 3 rings (SSSR count). The van der Waals surface area contributed by atoms with Crippen LogP contribution in [0.1, 0.15) is 0 Å². The van der Waals surface area contributed by atoms with Gasteiger partial charge in [-0.05, 0) is 43.4 Å². The molecule has 176 valence electrons. The molecule has 0 saturated heterocycles. The second kappa shape index (κ2) is 10.5. The van der Waals surface area contributed by atoms with Gasteiger partial charge < -0.3 is 15.5 Å². The van der Waals surface area contributed by atoms with Gasteiger partial charge in [0.05, 0.1) is 22.1 Å². The zero-order chi connectivity index (χ0) is 24.2. The van der Waals surface area contributed by atoms with Gasteiger partial charge in [-0.1, -0.05) is 17.7 Å². The van der Waals surface area contributed by atoms with Crippen LogP contribution in [0.2, 0.25) is 5.02 Å². The van der Waals surface area contributed by atoms with Crippen molar-refractivity contribution in [2.75, 3.05) is 41.2 Å². The van der Waals surface area contributed by atoms with Crippen molar-refractivity contribution in [3.8, 4) is 0 Å². The zero-order valence-electron chi connectivity index (χ0n) is 17.7. The van der Waals surface area contributed by atoms with Crippen LogP contribution in [0.3, 0.4) is 0 Å². The van der Waals surface area contributed by atoms with Crippen LogP contribution < -0.4 is 19.4 Å².